The molecule has 3 aliphatic rings. The average molecular weight is 624 g/mol. The fraction of sp³-hybridized carbons (Fsp3) is 0.281. The van der Waals surface area contributed by atoms with Gasteiger partial charge in [0, 0.05) is 42.1 Å². The Bertz CT molecular complexity index is 1910. The van der Waals surface area contributed by atoms with Crippen LogP contribution in [0.2, 0.25) is 5.02 Å². The van der Waals surface area contributed by atoms with E-state index in [0.29, 0.717) is 34.9 Å². The number of nitrogens with one attached hydrogen (secondary N) is 2. The lowest BCUT2D eigenvalue weighted by Gasteiger charge is -2.38. The number of anilines is 2. The number of rotatable bonds is 5. The summed E-state index contributed by atoms with van der Waals surface area (Å²) < 4.78 is 1.52. The van der Waals surface area contributed by atoms with E-state index in [9.17, 15) is 24.0 Å². The number of carbonyl (C=O) groups is 5. The van der Waals surface area contributed by atoms with Crippen LogP contribution in [0.5, 0.6) is 0 Å². The molecule has 2 aromatic carbocycles. The first-order valence-electron chi connectivity index (χ1n) is 14.1. The normalized spacial score (nSPS) is 18.0. The Morgan fingerprint density at radius 1 is 1.07 bits per heavy atom. The molecule has 1 atom stereocenters. The van der Waals surface area contributed by atoms with Gasteiger partial charge < -0.3 is 10.2 Å². The summed E-state index contributed by atoms with van der Waals surface area (Å²) >= 11 is 6.05. The molecule has 2 N–H and O–H groups in total. The van der Waals surface area contributed by atoms with Crippen molar-refractivity contribution < 1.29 is 24.0 Å². The predicted molar refractivity (Wildman–Crippen MR) is 162 cm³/mol. The van der Waals surface area contributed by atoms with Gasteiger partial charge in [0.15, 0.2) is 0 Å². The molecule has 0 spiro atoms. The highest BCUT2D eigenvalue weighted by Crippen LogP contribution is 2.33. The summed E-state index contributed by atoms with van der Waals surface area (Å²) in [6.07, 6.45) is 3.45. The molecule has 4 heterocycles. The summed E-state index contributed by atoms with van der Waals surface area (Å²) in [5.74, 6) is 3.89. The number of benzene rings is 2. The molecule has 3 aromatic rings. The molecule has 45 heavy (non-hydrogen) atoms. The van der Waals surface area contributed by atoms with E-state index in [-0.39, 0.29) is 35.8 Å². The lowest BCUT2D eigenvalue weighted by molar-refractivity contribution is -0.136. The molecular weight excluding hydrogens is 598 g/mol. The zero-order chi connectivity index (χ0) is 32.0. The van der Waals surface area contributed by atoms with Gasteiger partial charge in [0.1, 0.15) is 11.6 Å². The Labute approximate surface area is 262 Å². The Morgan fingerprint density at radius 2 is 1.82 bits per heavy atom. The van der Waals surface area contributed by atoms with Crippen LogP contribution >= 0.6 is 11.6 Å². The van der Waals surface area contributed by atoms with E-state index in [1.807, 2.05) is 11.0 Å². The second kappa shape index (κ2) is 11.2. The molecule has 0 radical (unpaired) electrons. The number of carbonyl (C=O) groups excluding carboxylic acids is 5. The number of nitriles is 1. The van der Waals surface area contributed by atoms with Crippen molar-refractivity contribution in [2.45, 2.75) is 38.3 Å². The minimum atomic E-state index is -1.07. The van der Waals surface area contributed by atoms with Gasteiger partial charge in [0.2, 0.25) is 11.8 Å². The van der Waals surface area contributed by atoms with Crippen LogP contribution in [0.15, 0.2) is 48.8 Å². The van der Waals surface area contributed by atoms with Crippen molar-refractivity contribution in [3.8, 4) is 17.9 Å². The molecule has 5 amide bonds. The quantitative estimate of drug-likeness (QED) is 0.324. The molecule has 1 aromatic heterocycles. The summed E-state index contributed by atoms with van der Waals surface area (Å²) in [7, 11) is 0. The van der Waals surface area contributed by atoms with Crippen LogP contribution in [-0.4, -0.2) is 63.3 Å². The third-order valence-electron chi connectivity index (χ3n) is 8.09. The van der Waals surface area contributed by atoms with Gasteiger partial charge in [0.25, 0.3) is 17.7 Å². The zero-order valence-electron chi connectivity index (χ0n) is 24.3. The number of hydrogen-bond acceptors (Lipinski definition) is 8. The van der Waals surface area contributed by atoms with Crippen LogP contribution in [0, 0.1) is 29.1 Å². The van der Waals surface area contributed by atoms with Crippen LogP contribution in [0.3, 0.4) is 0 Å². The maximum atomic E-state index is 13.1. The molecule has 1 unspecified atom stereocenters. The van der Waals surface area contributed by atoms with E-state index in [4.69, 9.17) is 16.9 Å². The first-order chi connectivity index (χ1) is 21.4. The molecule has 2 saturated heterocycles. The largest absolute Gasteiger partial charge is 0.369 e. The number of piperidine rings is 1. The molecule has 0 saturated carbocycles. The minimum absolute atomic E-state index is 0.0485. The van der Waals surface area contributed by atoms with Crippen molar-refractivity contribution in [3.63, 3.8) is 0 Å². The Kier molecular flexibility index (Phi) is 7.39. The second-order valence-corrected chi connectivity index (χ2v) is 12.0. The molecule has 13 heteroatoms. The SMILES string of the molecule is CC(C)(C(=O)Nc1cc(Cl)cc(C#N)c1)n1cc(C#CC2CN(c3ccc4c(c3)C(=O)N(C3CCC(=O)NC3=O)C4=O)C2)cn1. The Hall–Kier alpha value is -5.46. The van der Waals surface area contributed by atoms with Crippen LogP contribution < -0.4 is 15.5 Å². The van der Waals surface area contributed by atoms with Gasteiger partial charge in [0.05, 0.1) is 40.4 Å². The summed E-state index contributed by atoms with van der Waals surface area (Å²) in [5.41, 5.74) is 1.54. The van der Waals surface area contributed by atoms with E-state index < -0.39 is 35.2 Å². The molecule has 12 nitrogen and oxygen atoms in total. The van der Waals surface area contributed by atoms with Crippen LogP contribution in [0.25, 0.3) is 0 Å². The molecule has 2 fully saturated rings. The third kappa shape index (κ3) is 5.52. The summed E-state index contributed by atoms with van der Waals surface area (Å²) in [6.45, 7) is 4.64. The van der Waals surface area contributed by atoms with Crippen molar-refractivity contribution in [2.24, 2.45) is 5.92 Å². The number of hydrogen-bond donors (Lipinski definition) is 2. The minimum Gasteiger partial charge on any atom is -0.369 e. The van der Waals surface area contributed by atoms with Gasteiger partial charge >= 0.3 is 0 Å². The molecule has 0 bridgehead atoms. The fourth-order valence-electron chi connectivity index (χ4n) is 5.43. The van der Waals surface area contributed by atoms with Gasteiger partial charge in [-0.1, -0.05) is 23.4 Å². The van der Waals surface area contributed by atoms with Gasteiger partial charge in [-0.3, -0.25) is 38.9 Å². The van der Waals surface area contributed by atoms with Crippen molar-refractivity contribution in [3.05, 3.63) is 76.1 Å². The molecular formula is C32H26ClN7O5. The van der Waals surface area contributed by atoms with Crippen LogP contribution in [0.4, 0.5) is 11.4 Å². The first kappa shape index (κ1) is 29.6. The fourth-order valence-corrected chi connectivity index (χ4v) is 5.66. The summed E-state index contributed by atoms with van der Waals surface area (Å²) in [4.78, 5) is 66.0. The number of halogens is 1. The van der Waals surface area contributed by atoms with Crippen molar-refractivity contribution in [1.82, 2.24) is 20.0 Å². The zero-order valence-corrected chi connectivity index (χ0v) is 25.0. The maximum Gasteiger partial charge on any atom is 0.262 e. The standard InChI is InChI=1S/C32H26ClN7O5/c1-32(2,31(45)36-22-10-20(13-34)9-21(33)11-22)39-17-18(14-35-39)3-4-19-15-38(16-19)23-5-6-24-25(12-23)30(44)40(29(24)43)26-7-8-27(41)37-28(26)42/h5-6,9-12,14,17,19,26H,7-8,15-16H2,1-2H3,(H,36,45)(H,37,41,42). The summed E-state index contributed by atoms with van der Waals surface area (Å²) in [6, 6.07) is 10.6. The lowest BCUT2D eigenvalue weighted by atomic mass is 9.98. The Balaban J connectivity index is 1.08. The summed E-state index contributed by atoms with van der Waals surface area (Å²) in [5, 5.41) is 18.8. The van der Waals surface area contributed by atoms with Gasteiger partial charge in [-0.15, -0.1) is 0 Å². The van der Waals surface area contributed by atoms with E-state index in [1.54, 1.807) is 50.5 Å². The average Bonchev–Trinajstić information content (AvgIpc) is 3.55. The molecule has 3 aliphatic heterocycles. The Morgan fingerprint density at radius 3 is 2.56 bits per heavy atom. The van der Waals surface area contributed by atoms with Crippen molar-refractivity contribution in [2.75, 3.05) is 23.3 Å². The van der Waals surface area contributed by atoms with E-state index in [0.717, 1.165) is 10.6 Å². The lowest BCUT2D eigenvalue weighted by Crippen LogP contribution is -2.54. The smallest absolute Gasteiger partial charge is 0.262 e. The number of fused-ring (bicyclic) bond motifs is 1. The number of amides is 5. The van der Waals surface area contributed by atoms with Gasteiger partial charge in [-0.25, -0.2) is 0 Å². The second-order valence-electron chi connectivity index (χ2n) is 11.6. The molecule has 6 rings (SSSR count). The number of aromatic nitrogens is 2. The number of imide groups is 2. The highest BCUT2D eigenvalue weighted by atomic mass is 35.5. The van der Waals surface area contributed by atoms with Crippen molar-refractivity contribution in [1.29, 1.82) is 5.26 Å². The molecule has 226 valence electrons. The topological polar surface area (TPSA) is 158 Å². The highest BCUT2D eigenvalue weighted by Gasteiger charge is 2.45. The van der Waals surface area contributed by atoms with E-state index in [1.165, 1.54) is 16.8 Å². The monoisotopic (exact) mass is 623 g/mol. The maximum absolute atomic E-state index is 13.1. The van der Waals surface area contributed by atoms with Crippen LogP contribution in [-0.2, 0) is 19.9 Å². The predicted octanol–water partition coefficient (Wildman–Crippen LogP) is 2.67. The van der Waals surface area contributed by atoms with Crippen molar-refractivity contribution >= 4 is 52.5 Å². The number of nitrogens with zero attached hydrogens (tertiary/aromatic N) is 5. The highest BCUT2D eigenvalue weighted by molar-refractivity contribution is 6.31. The van der Waals surface area contributed by atoms with E-state index >= 15 is 0 Å². The van der Waals surface area contributed by atoms with E-state index in [2.05, 4.69) is 27.6 Å². The van der Waals surface area contributed by atoms with Gasteiger partial charge in [-0.2, -0.15) is 10.4 Å². The molecule has 0 aliphatic carbocycles. The first-order valence-corrected chi connectivity index (χ1v) is 14.5. The van der Waals surface area contributed by atoms with Gasteiger partial charge in [-0.05, 0) is 56.7 Å². The third-order valence-corrected chi connectivity index (χ3v) is 8.30. The van der Waals surface area contributed by atoms with Crippen LogP contribution in [0.1, 0.15) is 58.5 Å².